The molecule has 0 saturated heterocycles. The van der Waals surface area contributed by atoms with Crippen molar-refractivity contribution in [2.24, 2.45) is 0 Å². The molecule has 23 heavy (non-hydrogen) atoms. The normalized spacial score (nSPS) is 10.4. The summed E-state index contributed by atoms with van der Waals surface area (Å²) in [6, 6.07) is 13.2. The summed E-state index contributed by atoms with van der Waals surface area (Å²) < 4.78 is 10.7. The third-order valence-corrected chi connectivity index (χ3v) is 4.26. The monoisotopic (exact) mass is 346 g/mol. The topological polar surface area (TPSA) is 43.4 Å². The first-order chi connectivity index (χ1) is 11.2. The van der Waals surface area contributed by atoms with E-state index in [9.17, 15) is 0 Å². The van der Waals surface area contributed by atoms with Crippen LogP contribution >= 0.6 is 22.9 Å². The number of nitrogens with zero attached hydrogens (tertiary/aromatic N) is 1. The molecule has 0 aliphatic rings. The van der Waals surface area contributed by atoms with Crippen LogP contribution in [0.3, 0.4) is 0 Å². The molecule has 0 fully saturated rings. The van der Waals surface area contributed by atoms with Crippen LogP contribution in [0.2, 0.25) is 5.02 Å². The van der Waals surface area contributed by atoms with E-state index in [2.05, 4.69) is 10.3 Å². The smallest absolute Gasteiger partial charge is 0.187 e. The van der Waals surface area contributed by atoms with Gasteiger partial charge in [0.1, 0.15) is 11.5 Å². The van der Waals surface area contributed by atoms with Crippen LogP contribution in [-0.4, -0.2) is 19.2 Å². The molecule has 1 heterocycles. The van der Waals surface area contributed by atoms with Gasteiger partial charge in [-0.25, -0.2) is 4.98 Å². The number of aromatic nitrogens is 1. The van der Waals surface area contributed by atoms with E-state index in [1.54, 1.807) is 14.2 Å². The second-order valence-corrected chi connectivity index (χ2v) is 6.03. The zero-order valence-corrected chi connectivity index (χ0v) is 14.2. The number of nitrogens with one attached hydrogen (secondary N) is 1. The maximum atomic E-state index is 5.99. The van der Waals surface area contributed by atoms with E-state index in [0.717, 1.165) is 33.6 Å². The van der Waals surface area contributed by atoms with Crippen molar-refractivity contribution in [3.8, 4) is 22.8 Å². The van der Waals surface area contributed by atoms with E-state index < -0.39 is 0 Å². The number of methoxy groups -OCH3 is 2. The van der Waals surface area contributed by atoms with Gasteiger partial charge in [0.25, 0.3) is 0 Å². The third kappa shape index (κ3) is 3.57. The summed E-state index contributed by atoms with van der Waals surface area (Å²) in [6.45, 7) is 0. The van der Waals surface area contributed by atoms with Gasteiger partial charge in [-0.2, -0.15) is 0 Å². The Morgan fingerprint density at radius 3 is 2.70 bits per heavy atom. The largest absolute Gasteiger partial charge is 0.497 e. The Morgan fingerprint density at radius 2 is 1.96 bits per heavy atom. The minimum atomic E-state index is 0.684. The standard InChI is InChI=1S/C17H15ClN2O2S/c1-21-13-6-7-14(16(9-13)22-2)15-10-23-17(20-15)19-12-5-3-4-11(18)8-12/h3-10H,1-2H3,(H,19,20). The van der Waals surface area contributed by atoms with Crippen molar-refractivity contribution in [2.45, 2.75) is 0 Å². The SMILES string of the molecule is COc1ccc(-c2csc(Nc3cccc(Cl)c3)n2)c(OC)c1. The number of anilines is 2. The van der Waals surface area contributed by atoms with Crippen molar-refractivity contribution < 1.29 is 9.47 Å². The van der Waals surface area contributed by atoms with Gasteiger partial charge in [0, 0.05) is 27.7 Å². The molecule has 2 aromatic carbocycles. The summed E-state index contributed by atoms with van der Waals surface area (Å²) in [7, 11) is 3.26. The Labute approximate surface area is 143 Å². The van der Waals surface area contributed by atoms with Gasteiger partial charge in [-0.3, -0.25) is 0 Å². The van der Waals surface area contributed by atoms with E-state index in [4.69, 9.17) is 21.1 Å². The van der Waals surface area contributed by atoms with E-state index >= 15 is 0 Å². The average Bonchev–Trinajstić information content (AvgIpc) is 3.02. The fourth-order valence-corrected chi connectivity index (χ4v) is 3.08. The second-order valence-electron chi connectivity index (χ2n) is 4.74. The fraction of sp³-hybridized carbons (Fsp3) is 0.118. The van der Waals surface area contributed by atoms with Crippen molar-refractivity contribution in [1.29, 1.82) is 0 Å². The molecule has 0 aliphatic heterocycles. The summed E-state index contributed by atoms with van der Waals surface area (Å²) in [6.07, 6.45) is 0. The lowest BCUT2D eigenvalue weighted by Crippen LogP contribution is -1.92. The van der Waals surface area contributed by atoms with E-state index in [-0.39, 0.29) is 0 Å². The molecule has 0 atom stereocenters. The van der Waals surface area contributed by atoms with Crippen molar-refractivity contribution >= 4 is 33.8 Å². The molecule has 0 radical (unpaired) electrons. The van der Waals surface area contributed by atoms with Gasteiger partial charge in [-0.1, -0.05) is 17.7 Å². The van der Waals surface area contributed by atoms with Crippen molar-refractivity contribution in [3.05, 3.63) is 52.9 Å². The van der Waals surface area contributed by atoms with Crippen LogP contribution in [0.4, 0.5) is 10.8 Å². The van der Waals surface area contributed by atoms with Crippen LogP contribution in [0.1, 0.15) is 0 Å². The van der Waals surface area contributed by atoms with Gasteiger partial charge in [0.15, 0.2) is 5.13 Å². The Kier molecular flexibility index (Phi) is 4.69. The molecule has 0 aliphatic carbocycles. The number of thiazole rings is 1. The predicted octanol–water partition coefficient (Wildman–Crippen LogP) is 5.22. The molecular weight excluding hydrogens is 332 g/mol. The van der Waals surface area contributed by atoms with E-state index in [0.29, 0.717) is 5.02 Å². The summed E-state index contributed by atoms with van der Waals surface area (Å²) in [5.41, 5.74) is 2.67. The first kappa shape index (κ1) is 15.6. The lowest BCUT2D eigenvalue weighted by Gasteiger charge is -2.08. The lowest BCUT2D eigenvalue weighted by atomic mass is 10.1. The average molecular weight is 347 g/mol. The Morgan fingerprint density at radius 1 is 1.09 bits per heavy atom. The zero-order valence-electron chi connectivity index (χ0n) is 12.7. The van der Waals surface area contributed by atoms with E-state index in [1.807, 2.05) is 47.8 Å². The highest BCUT2D eigenvalue weighted by Crippen LogP contribution is 2.35. The molecule has 4 nitrogen and oxygen atoms in total. The molecule has 1 N–H and O–H groups in total. The highest BCUT2D eigenvalue weighted by molar-refractivity contribution is 7.14. The maximum Gasteiger partial charge on any atom is 0.187 e. The first-order valence-corrected chi connectivity index (χ1v) is 8.16. The molecule has 0 unspecified atom stereocenters. The highest BCUT2D eigenvalue weighted by atomic mass is 35.5. The van der Waals surface area contributed by atoms with Gasteiger partial charge >= 0.3 is 0 Å². The molecular formula is C17H15ClN2O2S. The van der Waals surface area contributed by atoms with Gasteiger partial charge in [0.2, 0.25) is 0 Å². The molecule has 3 aromatic rings. The molecule has 3 rings (SSSR count). The number of hydrogen-bond donors (Lipinski definition) is 1. The van der Waals surface area contributed by atoms with Crippen molar-refractivity contribution in [2.75, 3.05) is 19.5 Å². The summed E-state index contributed by atoms with van der Waals surface area (Å²) in [5.74, 6) is 1.47. The summed E-state index contributed by atoms with van der Waals surface area (Å²) in [5, 5.41) is 6.71. The molecule has 1 aromatic heterocycles. The first-order valence-electron chi connectivity index (χ1n) is 6.90. The van der Waals surface area contributed by atoms with Crippen LogP contribution in [0.5, 0.6) is 11.5 Å². The van der Waals surface area contributed by atoms with Gasteiger partial charge in [0.05, 0.1) is 19.9 Å². The zero-order chi connectivity index (χ0) is 16.2. The minimum absolute atomic E-state index is 0.684. The van der Waals surface area contributed by atoms with E-state index in [1.165, 1.54) is 11.3 Å². The van der Waals surface area contributed by atoms with Crippen LogP contribution in [-0.2, 0) is 0 Å². The fourth-order valence-electron chi connectivity index (χ4n) is 2.15. The number of ether oxygens (including phenoxy) is 2. The minimum Gasteiger partial charge on any atom is -0.497 e. The number of rotatable bonds is 5. The second kappa shape index (κ2) is 6.89. The molecule has 118 valence electrons. The van der Waals surface area contributed by atoms with Crippen molar-refractivity contribution in [3.63, 3.8) is 0 Å². The molecule has 0 amide bonds. The maximum absolute atomic E-state index is 5.99. The number of benzene rings is 2. The summed E-state index contributed by atoms with van der Waals surface area (Å²) in [4.78, 5) is 4.61. The molecule has 0 spiro atoms. The molecule has 0 bridgehead atoms. The molecule has 6 heteroatoms. The van der Waals surface area contributed by atoms with Crippen LogP contribution in [0, 0.1) is 0 Å². The Bertz CT molecular complexity index is 820. The Hall–Kier alpha value is -2.24. The highest BCUT2D eigenvalue weighted by Gasteiger charge is 2.11. The third-order valence-electron chi connectivity index (χ3n) is 3.26. The summed E-state index contributed by atoms with van der Waals surface area (Å²) >= 11 is 7.52. The number of halogens is 1. The lowest BCUT2D eigenvalue weighted by molar-refractivity contribution is 0.395. The van der Waals surface area contributed by atoms with Gasteiger partial charge in [-0.15, -0.1) is 11.3 Å². The predicted molar refractivity (Wildman–Crippen MR) is 95.4 cm³/mol. The van der Waals surface area contributed by atoms with Crippen molar-refractivity contribution in [1.82, 2.24) is 4.98 Å². The van der Waals surface area contributed by atoms with Crippen LogP contribution in [0.25, 0.3) is 11.3 Å². The van der Waals surface area contributed by atoms with Gasteiger partial charge in [-0.05, 0) is 30.3 Å². The van der Waals surface area contributed by atoms with Crippen LogP contribution < -0.4 is 14.8 Å². The van der Waals surface area contributed by atoms with Gasteiger partial charge < -0.3 is 14.8 Å². The number of hydrogen-bond acceptors (Lipinski definition) is 5. The molecule has 0 saturated carbocycles. The Balaban J connectivity index is 1.87. The quantitative estimate of drug-likeness (QED) is 0.687. The van der Waals surface area contributed by atoms with Crippen LogP contribution in [0.15, 0.2) is 47.8 Å².